The fourth-order valence-corrected chi connectivity index (χ4v) is 9.53. The molecule has 0 spiro atoms. The van der Waals surface area contributed by atoms with E-state index in [4.69, 9.17) is 5.73 Å². The standard InChI is InChI=1S/C36H63N5O7S/c1-23(2)15-18-49(47,48)22-36(16-10-9-11-17-36)40-33(46)39-29(34(4,5)6)32(45)41-21-24(3)35(7,8)20-27(41)31(44)38-26(28(42)30(37)43)19-25-13-12-14-25/h23-27,29H,9-22H2,1-8H3,(H2,37,43)(H,38,44)(H2,39,40,46)/t24?,26?,27-,29+/m0/s1. The molecule has 1 heterocycles. The summed E-state index contributed by atoms with van der Waals surface area (Å²) in [6.07, 6.45) is 7.61. The zero-order valence-electron chi connectivity index (χ0n) is 31.2. The van der Waals surface area contributed by atoms with Crippen LogP contribution in [0, 0.1) is 28.6 Å². The number of rotatable bonds is 14. The number of carbonyl (C=O) groups is 5. The van der Waals surface area contributed by atoms with Gasteiger partial charge in [0.05, 0.1) is 23.1 Å². The van der Waals surface area contributed by atoms with Gasteiger partial charge in [0.15, 0.2) is 9.84 Å². The van der Waals surface area contributed by atoms with Gasteiger partial charge in [0.25, 0.3) is 5.91 Å². The minimum absolute atomic E-state index is 0.00882. The van der Waals surface area contributed by atoms with Crippen LogP contribution in [-0.2, 0) is 29.0 Å². The van der Waals surface area contributed by atoms with Gasteiger partial charge in [-0.3, -0.25) is 19.2 Å². The van der Waals surface area contributed by atoms with Gasteiger partial charge in [0.1, 0.15) is 12.1 Å². The number of amides is 5. The first-order chi connectivity index (χ1) is 22.6. The molecule has 3 rings (SSSR count). The monoisotopic (exact) mass is 709 g/mol. The summed E-state index contributed by atoms with van der Waals surface area (Å²) in [7, 11) is -3.45. The third kappa shape index (κ3) is 11.1. The van der Waals surface area contributed by atoms with E-state index in [1.807, 2.05) is 55.4 Å². The summed E-state index contributed by atoms with van der Waals surface area (Å²) < 4.78 is 26.4. The average molecular weight is 710 g/mol. The Morgan fingerprint density at radius 1 is 0.959 bits per heavy atom. The van der Waals surface area contributed by atoms with Crippen LogP contribution >= 0.6 is 0 Å². The van der Waals surface area contributed by atoms with Gasteiger partial charge in [-0.05, 0) is 60.7 Å². The Balaban J connectivity index is 1.86. The smallest absolute Gasteiger partial charge is 0.315 e. The molecular weight excluding hydrogens is 646 g/mol. The molecule has 0 aromatic rings. The lowest BCUT2D eigenvalue weighted by atomic mass is 9.70. The lowest BCUT2D eigenvalue weighted by molar-refractivity contribution is -0.151. The van der Waals surface area contributed by atoms with Crippen molar-refractivity contribution >= 4 is 39.4 Å². The van der Waals surface area contributed by atoms with Gasteiger partial charge in [-0.25, -0.2) is 13.2 Å². The SMILES string of the molecule is CC(C)CCS(=O)(=O)CC1(NC(=O)N[C@H](C(=O)N2CC(C)C(C)(C)C[C@H]2C(=O)NC(CC2CCC2)C(=O)C(N)=O)C(C)(C)C)CCCCC1. The molecule has 0 aromatic heterocycles. The highest BCUT2D eigenvalue weighted by Crippen LogP contribution is 2.40. The molecule has 2 unspecified atom stereocenters. The second-order valence-corrected chi connectivity index (χ2v) is 19.6. The van der Waals surface area contributed by atoms with Crippen molar-refractivity contribution in [2.45, 2.75) is 150 Å². The van der Waals surface area contributed by atoms with Crippen molar-refractivity contribution in [2.75, 3.05) is 18.1 Å². The number of primary amides is 1. The second-order valence-electron chi connectivity index (χ2n) is 17.4. The van der Waals surface area contributed by atoms with E-state index >= 15 is 0 Å². The Hall–Kier alpha value is -2.70. The summed E-state index contributed by atoms with van der Waals surface area (Å²) in [6.45, 7) is 15.8. The van der Waals surface area contributed by atoms with Crippen LogP contribution < -0.4 is 21.7 Å². The van der Waals surface area contributed by atoms with E-state index in [1.165, 1.54) is 4.90 Å². The molecule has 1 saturated heterocycles. The zero-order chi connectivity index (χ0) is 36.9. The number of nitrogens with one attached hydrogen (secondary N) is 3. The number of sulfone groups is 1. The van der Waals surface area contributed by atoms with E-state index in [1.54, 1.807) is 0 Å². The summed E-state index contributed by atoms with van der Waals surface area (Å²) in [5.74, 6) is -2.58. The molecule has 0 radical (unpaired) electrons. The number of urea groups is 1. The average Bonchev–Trinajstić information content (AvgIpc) is 2.95. The Labute approximate surface area is 294 Å². The molecule has 2 saturated carbocycles. The summed E-state index contributed by atoms with van der Waals surface area (Å²) in [4.78, 5) is 68.5. The van der Waals surface area contributed by atoms with E-state index in [2.05, 4.69) is 16.0 Å². The summed E-state index contributed by atoms with van der Waals surface area (Å²) in [5.41, 5.74) is 3.32. The number of carbonyl (C=O) groups excluding carboxylic acids is 5. The van der Waals surface area contributed by atoms with E-state index < -0.39 is 68.5 Å². The van der Waals surface area contributed by atoms with Gasteiger partial charge in [-0.2, -0.15) is 0 Å². The molecule has 5 N–H and O–H groups in total. The van der Waals surface area contributed by atoms with Crippen molar-refractivity contribution in [3.8, 4) is 0 Å². The number of piperidine rings is 1. The molecule has 3 fully saturated rings. The predicted octanol–water partition coefficient (Wildman–Crippen LogP) is 3.86. The van der Waals surface area contributed by atoms with Gasteiger partial charge in [0.2, 0.25) is 17.6 Å². The Kier molecular flexibility index (Phi) is 13.4. The molecule has 1 aliphatic heterocycles. The molecule has 5 amide bonds. The lowest BCUT2D eigenvalue weighted by Crippen LogP contribution is -2.66. The van der Waals surface area contributed by atoms with Crippen molar-refractivity contribution in [3.63, 3.8) is 0 Å². The van der Waals surface area contributed by atoms with Crippen LogP contribution in [0.3, 0.4) is 0 Å². The van der Waals surface area contributed by atoms with Gasteiger partial charge < -0.3 is 26.6 Å². The zero-order valence-corrected chi connectivity index (χ0v) is 32.0. The molecule has 12 nitrogen and oxygen atoms in total. The van der Waals surface area contributed by atoms with Gasteiger partial charge in [0, 0.05) is 6.54 Å². The van der Waals surface area contributed by atoms with Gasteiger partial charge >= 0.3 is 6.03 Å². The van der Waals surface area contributed by atoms with E-state index in [-0.39, 0.29) is 41.2 Å². The maximum Gasteiger partial charge on any atom is 0.315 e. The van der Waals surface area contributed by atoms with Crippen molar-refractivity contribution in [3.05, 3.63) is 0 Å². The topological polar surface area (TPSA) is 185 Å². The number of ketones is 1. The first-order valence-corrected chi connectivity index (χ1v) is 20.1. The largest absolute Gasteiger partial charge is 0.363 e. The molecule has 13 heteroatoms. The number of nitrogens with zero attached hydrogens (tertiary/aromatic N) is 1. The number of hydrogen-bond donors (Lipinski definition) is 4. The lowest BCUT2D eigenvalue weighted by Gasteiger charge is -2.49. The summed E-state index contributed by atoms with van der Waals surface area (Å²) in [5, 5.41) is 8.68. The van der Waals surface area contributed by atoms with Crippen LogP contribution in [-0.4, -0.2) is 84.6 Å². The molecule has 0 aromatic carbocycles. The van der Waals surface area contributed by atoms with Gasteiger partial charge in [-0.1, -0.05) is 93.9 Å². The fraction of sp³-hybridized carbons (Fsp3) is 0.861. The Morgan fingerprint density at radius 2 is 1.57 bits per heavy atom. The van der Waals surface area contributed by atoms with Crippen molar-refractivity contribution in [1.82, 2.24) is 20.9 Å². The number of nitrogens with two attached hydrogens (primary N) is 1. The second kappa shape index (κ2) is 16.1. The minimum Gasteiger partial charge on any atom is -0.363 e. The molecule has 4 atom stereocenters. The first-order valence-electron chi connectivity index (χ1n) is 18.3. The van der Waals surface area contributed by atoms with Crippen LogP contribution in [0.1, 0.15) is 126 Å². The van der Waals surface area contributed by atoms with E-state index in [0.717, 1.165) is 38.5 Å². The maximum atomic E-state index is 14.5. The van der Waals surface area contributed by atoms with Gasteiger partial charge in [-0.15, -0.1) is 0 Å². The Morgan fingerprint density at radius 3 is 2.08 bits per heavy atom. The summed E-state index contributed by atoms with van der Waals surface area (Å²) in [6, 6.07) is -3.69. The van der Waals surface area contributed by atoms with Crippen LogP contribution in [0.15, 0.2) is 0 Å². The highest BCUT2D eigenvalue weighted by atomic mass is 32.2. The molecule has 2 aliphatic carbocycles. The normalized spacial score (nSPS) is 23.9. The third-order valence-corrected chi connectivity index (χ3v) is 13.1. The number of likely N-dealkylation sites (tertiary alicyclic amines) is 1. The molecule has 3 aliphatic rings. The van der Waals surface area contributed by atoms with Crippen LogP contribution in [0.25, 0.3) is 0 Å². The van der Waals surface area contributed by atoms with Crippen LogP contribution in [0.4, 0.5) is 4.79 Å². The van der Waals surface area contributed by atoms with Crippen molar-refractivity contribution in [2.24, 2.45) is 34.3 Å². The summed E-state index contributed by atoms with van der Waals surface area (Å²) >= 11 is 0. The Bertz CT molecular complexity index is 1330. The highest BCUT2D eigenvalue weighted by Gasteiger charge is 2.48. The number of Topliss-reactive ketones (excluding diaryl/α,β-unsaturated/α-hetero) is 1. The fourth-order valence-electron chi connectivity index (χ4n) is 7.35. The van der Waals surface area contributed by atoms with E-state index in [9.17, 15) is 32.4 Å². The molecule has 49 heavy (non-hydrogen) atoms. The van der Waals surface area contributed by atoms with Crippen molar-refractivity contribution < 1.29 is 32.4 Å². The van der Waals surface area contributed by atoms with Crippen LogP contribution in [0.2, 0.25) is 0 Å². The van der Waals surface area contributed by atoms with Crippen molar-refractivity contribution in [1.29, 1.82) is 0 Å². The van der Waals surface area contributed by atoms with E-state index in [0.29, 0.717) is 32.1 Å². The molecule has 280 valence electrons. The number of hydrogen-bond acceptors (Lipinski definition) is 7. The molecule has 0 bridgehead atoms. The highest BCUT2D eigenvalue weighted by molar-refractivity contribution is 7.91. The quantitative estimate of drug-likeness (QED) is 0.197. The third-order valence-electron chi connectivity index (χ3n) is 11.2. The maximum absolute atomic E-state index is 14.5. The van der Waals surface area contributed by atoms with Crippen LogP contribution in [0.5, 0.6) is 0 Å². The molecular formula is C36H63N5O7S. The predicted molar refractivity (Wildman–Crippen MR) is 190 cm³/mol. The first kappa shape index (κ1) is 40.7. The minimum atomic E-state index is -3.45.